The highest BCUT2D eigenvalue weighted by atomic mass is 19.1. The smallest absolute Gasteiger partial charge is 0.187 e. The van der Waals surface area contributed by atoms with Gasteiger partial charge in [0.15, 0.2) is 5.95 Å². The van der Waals surface area contributed by atoms with E-state index < -0.39 is 5.95 Å². The molecule has 1 nitrogen and oxygen atoms in total. The van der Waals surface area contributed by atoms with E-state index in [-0.39, 0.29) is 5.92 Å². The van der Waals surface area contributed by atoms with Gasteiger partial charge in [-0.15, -0.1) is 0 Å². The summed E-state index contributed by atoms with van der Waals surface area (Å²) in [6.45, 7) is 6.16. The predicted octanol–water partition coefficient (Wildman–Crippen LogP) is 5.80. The van der Waals surface area contributed by atoms with Crippen LogP contribution in [0.15, 0.2) is 47.9 Å². The van der Waals surface area contributed by atoms with Crippen LogP contribution >= 0.6 is 0 Å². The molecule has 2 rings (SSSR count). The van der Waals surface area contributed by atoms with Gasteiger partial charge in [-0.3, -0.25) is 0 Å². The number of halogens is 1. The van der Waals surface area contributed by atoms with E-state index in [9.17, 15) is 4.39 Å². The molecular weight excluding hydrogens is 273 g/mol. The lowest BCUT2D eigenvalue weighted by Crippen LogP contribution is -2.10. The van der Waals surface area contributed by atoms with E-state index in [4.69, 9.17) is 5.73 Å². The van der Waals surface area contributed by atoms with E-state index in [1.807, 2.05) is 6.08 Å². The molecule has 1 unspecified atom stereocenters. The molecular formula is C20H28FN. The minimum Gasteiger partial charge on any atom is -0.375 e. The molecule has 0 spiro atoms. The summed E-state index contributed by atoms with van der Waals surface area (Å²) < 4.78 is 12.8. The first-order valence-corrected chi connectivity index (χ1v) is 8.37. The van der Waals surface area contributed by atoms with Crippen molar-refractivity contribution in [1.82, 2.24) is 0 Å². The van der Waals surface area contributed by atoms with Crippen molar-refractivity contribution in [1.29, 1.82) is 0 Å². The van der Waals surface area contributed by atoms with Gasteiger partial charge in [0.25, 0.3) is 0 Å². The summed E-state index contributed by atoms with van der Waals surface area (Å²) in [5.41, 5.74) is 8.35. The first-order valence-electron chi connectivity index (χ1n) is 8.37. The summed E-state index contributed by atoms with van der Waals surface area (Å²) in [4.78, 5) is 0. The highest BCUT2D eigenvalue weighted by Crippen LogP contribution is 2.35. The van der Waals surface area contributed by atoms with Gasteiger partial charge >= 0.3 is 0 Å². The zero-order valence-electron chi connectivity index (χ0n) is 14.0. The molecule has 0 bridgehead atoms. The van der Waals surface area contributed by atoms with Crippen molar-refractivity contribution in [3.63, 3.8) is 0 Å². The Morgan fingerprint density at radius 2 is 1.77 bits per heavy atom. The normalized spacial score (nSPS) is 25.1. The highest BCUT2D eigenvalue weighted by molar-refractivity contribution is 5.31. The monoisotopic (exact) mass is 301 g/mol. The molecule has 1 saturated carbocycles. The summed E-state index contributed by atoms with van der Waals surface area (Å²) in [6.07, 6.45) is 9.09. The fraction of sp³-hybridized carbons (Fsp3) is 0.500. The molecule has 0 heterocycles. The summed E-state index contributed by atoms with van der Waals surface area (Å²) in [7, 11) is 0. The third-order valence-corrected chi connectivity index (χ3v) is 4.96. The second-order valence-electron chi connectivity index (χ2n) is 6.80. The average Bonchev–Trinajstić information content (AvgIpc) is 2.53. The van der Waals surface area contributed by atoms with Gasteiger partial charge in [-0.25, -0.2) is 0 Å². The van der Waals surface area contributed by atoms with E-state index in [0.29, 0.717) is 5.57 Å². The average molecular weight is 301 g/mol. The lowest BCUT2D eigenvalue weighted by molar-refractivity contribution is 0.348. The quantitative estimate of drug-likeness (QED) is 0.552. The lowest BCUT2D eigenvalue weighted by Gasteiger charge is -2.26. The maximum Gasteiger partial charge on any atom is 0.187 e. The minimum absolute atomic E-state index is 0.259. The van der Waals surface area contributed by atoms with Gasteiger partial charge in [0.05, 0.1) is 0 Å². The number of rotatable bonds is 4. The number of allylic oxidation sites excluding steroid dienone is 3. The second kappa shape index (κ2) is 7.62. The fourth-order valence-electron chi connectivity index (χ4n) is 3.14. The number of benzene rings is 1. The molecule has 1 atom stereocenters. The molecule has 1 fully saturated rings. The van der Waals surface area contributed by atoms with Crippen molar-refractivity contribution in [3.8, 4) is 0 Å². The SMILES string of the molecule is CC(/C=C\C(C)c1ccc(C2CCC(C)CC2)cc1)=C(/N)F. The van der Waals surface area contributed by atoms with Crippen molar-refractivity contribution in [3.05, 3.63) is 59.1 Å². The van der Waals surface area contributed by atoms with Crippen LogP contribution in [-0.2, 0) is 0 Å². The highest BCUT2D eigenvalue weighted by Gasteiger charge is 2.19. The standard InChI is InChI=1S/C20H28FN/c1-14-4-8-18(9-5-14)19-12-10-17(11-13-19)15(2)6-7-16(3)20(21)22/h6-7,10-15,18H,4-5,8-9,22H2,1-3H3/b7-6-,20-16-. The molecule has 120 valence electrons. The molecule has 0 radical (unpaired) electrons. The summed E-state index contributed by atoms with van der Waals surface area (Å²) in [5.74, 6) is 1.27. The maximum atomic E-state index is 12.8. The van der Waals surface area contributed by atoms with Gasteiger partial charge in [-0.05, 0) is 48.6 Å². The third kappa shape index (κ3) is 4.46. The van der Waals surface area contributed by atoms with Crippen LogP contribution in [0.3, 0.4) is 0 Å². The minimum atomic E-state index is -0.606. The van der Waals surface area contributed by atoms with Crippen LogP contribution in [0.4, 0.5) is 4.39 Å². The molecule has 1 aromatic rings. The van der Waals surface area contributed by atoms with Crippen molar-refractivity contribution < 1.29 is 4.39 Å². The summed E-state index contributed by atoms with van der Waals surface area (Å²) in [5, 5.41) is 0. The first kappa shape index (κ1) is 16.8. The zero-order valence-corrected chi connectivity index (χ0v) is 14.0. The van der Waals surface area contributed by atoms with Gasteiger partial charge in [-0.2, -0.15) is 4.39 Å². The number of nitrogens with two attached hydrogens (primary N) is 1. The van der Waals surface area contributed by atoms with Gasteiger partial charge in [0.1, 0.15) is 0 Å². The molecule has 0 amide bonds. The predicted molar refractivity (Wildman–Crippen MR) is 92.4 cm³/mol. The third-order valence-electron chi connectivity index (χ3n) is 4.96. The van der Waals surface area contributed by atoms with Crippen molar-refractivity contribution >= 4 is 0 Å². The molecule has 2 heteroatoms. The maximum absolute atomic E-state index is 12.8. The summed E-state index contributed by atoms with van der Waals surface area (Å²) >= 11 is 0. The van der Waals surface area contributed by atoms with Crippen LogP contribution in [0.2, 0.25) is 0 Å². The van der Waals surface area contributed by atoms with Crippen LogP contribution in [-0.4, -0.2) is 0 Å². The van der Waals surface area contributed by atoms with Gasteiger partial charge < -0.3 is 5.73 Å². The van der Waals surface area contributed by atoms with Crippen LogP contribution in [0.25, 0.3) is 0 Å². The Hall–Kier alpha value is -1.57. The Kier molecular flexibility index (Phi) is 5.82. The van der Waals surface area contributed by atoms with E-state index >= 15 is 0 Å². The van der Waals surface area contributed by atoms with Crippen molar-refractivity contribution in [2.45, 2.75) is 58.3 Å². The Morgan fingerprint density at radius 3 is 2.32 bits per heavy atom. The Balaban J connectivity index is 2.01. The first-order chi connectivity index (χ1) is 10.5. The topological polar surface area (TPSA) is 26.0 Å². The second-order valence-corrected chi connectivity index (χ2v) is 6.80. The van der Waals surface area contributed by atoms with Crippen molar-refractivity contribution in [2.24, 2.45) is 11.7 Å². The fourth-order valence-corrected chi connectivity index (χ4v) is 3.14. The van der Waals surface area contributed by atoms with E-state index in [2.05, 4.69) is 38.1 Å². The van der Waals surface area contributed by atoms with E-state index in [0.717, 1.165) is 11.8 Å². The molecule has 1 aliphatic carbocycles. The van der Waals surface area contributed by atoms with Gasteiger partial charge in [0, 0.05) is 5.57 Å². The number of hydrogen-bond donors (Lipinski definition) is 1. The van der Waals surface area contributed by atoms with E-state index in [1.165, 1.54) is 36.8 Å². The largest absolute Gasteiger partial charge is 0.375 e. The Morgan fingerprint density at radius 1 is 1.18 bits per heavy atom. The molecule has 2 N–H and O–H groups in total. The number of hydrogen-bond acceptors (Lipinski definition) is 1. The lowest BCUT2D eigenvalue weighted by atomic mass is 9.79. The molecule has 0 saturated heterocycles. The Labute approximate surface area is 134 Å². The van der Waals surface area contributed by atoms with Crippen LogP contribution in [0.1, 0.15) is 69.4 Å². The molecule has 0 aromatic heterocycles. The molecule has 22 heavy (non-hydrogen) atoms. The van der Waals surface area contributed by atoms with Crippen LogP contribution in [0, 0.1) is 5.92 Å². The molecule has 0 aliphatic heterocycles. The van der Waals surface area contributed by atoms with Gasteiger partial charge in [-0.1, -0.05) is 63.1 Å². The Bertz CT molecular complexity index is 529. The van der Waals surface area contributed by atoms with Gasteiger partial charge in [0.2, 0.25) is 0 Å². The van der Waals surface area contributed by atoms with Crippen molar-refractivity contribution in [2.75, 3.05) is 0 Å². The van der Waals surface area contributed by atoms with Crippen LogP contribution < -0.4 is 5.73 Å². The molecule has 1 aromatic carbocycles. The van der Waals surface area contributed by atoms with Crippen LogP contribution in [0.5, 0.6) is 0 Å². The zero-order chi connectivity index (χ0) is 16.1. The molecule has 1 aliphatic rings. The summed E-state index contributed by atoms with van der Waals surface area (Å²) in [6, 6.07) is 8.96. The van der Waals surface area contributed by atoms with E-state index in [1.54, 1.807) is 13.0 Å².